The molecular weight excluding hydrogens is 529 g/mol. The molecule has 2 atom stereocenters. The first-order valence-electron chi connectivity index (χ1n) is 13.6. The predicted molar refractivity (Wildman–Crippen MR) is 156 cm³/mol. The summed E-state index contributed by atoms with van der Waals surface area (Å²) in [5.74, 6) is -1.28. The molecule has 0 fully saturated rings. The van der Waals surface area contributed by atoms with E-state index in [1.54, 1.807) is 49.4 Å². The van der Waals surface area contributed by atoms with E-state index in [0.717, 1.165) is 9.87 Å². The van der Waals surface area contributed by atoms with E-state index in [1.165, 1.54) is 29.2 Å². The number of hydrogen-bond donors (Lipinski definition) is 1. The first-order valence-corrected chi connectivity index (χ1v) is 15.1. The first kappa shape index (κ1) is 30.8. The van der Waals surface area contributed by atoms with Gasteiger partial charge in [0.05, 0.1) is 10.6 Å². The summed E-state index contributed by atoms with van der Waals surface area (Å²) in [5.41, 5.74) is 1.79. The van der Waals surface area contributed by atoms with Gasteiger partial charge in [0.15, 0.2) is 0 Å². The van der Waals surface area contributed by atoms with Gasteiger partial charge in [0.2, 0.25) is 11.8 Å². The lowest BCUT2D eigenvalue weighted by atomic mass is 10.1. The fourth-order valence-electron chi connectivity index (χ4n) is 4.43. The van der Waals surface area contributed by atoms with Crippen LogP contribution in [0.3, 0.4) is 0 Å². The van der Waals surface area contributed by atoms with Crippen molar-refractivity contribution in [1.29, 1.82) is 0 Å². The van der Waals surface area contributed by atoms with Crippen molar-refractivity contribution in [3.05, 3.63) is 95.8 Å². The van der Waals surface area contributed by atoms with Gasteiger partial charge in [-0.3, -0.25) is 13.9 Å². The van der Waals surface area contributed by atoms with Crippen LogP contribution in [0.2, 0.25) is 0 Å². The van der Waals surface area contributed by atoms with E-state index in [0.29, 0.717) is 30.5 Å². The molecule has 0 aliphatic rings. The van der Waals surface area contributed by atoms with Crippen LogP contribution in [0, 0.1) is 5.82 Å². The molecule has 9 heteroatoms. The van der Waals surface area contributed by atoms with Gasteiger partial charge in [0.1, 0.15) is 18.4 Å². The van der Waals surface area contributed by atoms with Crippen molar-refractivity contribution in [1.82, 2.24) is 10.2 Å². The van der Waals surface area contributed by atoms with E-state index >= 15 is 0 Å². The summed E-state index contributed by atoms with van der Waals surface area (Å²) in [6.07, 6.45) is 1.58. The maximum atomic E-state index is 14.1. The van der Waals surface area contributed by atoms with Crippen LogP contribution in [0.4, 0.5) is 10.1 Å². The molecule has 3 aromatic rings. The summed E-state index contributed by atoms with van der Waals surface area (Å²) in [4.78, 5) is 28.9. The van der Waals surface area contributed by atoms with Gasteiger partial charge in [-0.05, 0) is 67.6 Å². The molecule has 3 rings (SSSR count). The van der Waals surface area contributed by atoms with Crippen molar-refractivity contribution in [2.45, 2.75) is 70.5 Å². The van der Waals surface area contributed by atoms with Crippen molar-refractivity contribution in [2.24, 2.45) is 0 Å². The Kier molecular flexibility index (Phi) is 10.8. The van der Waals surface area contributed by atoms with E-state index in [1.807, 2.05) is 32.9 Å². The highest BCUT2D eigenvalue weighted by Gasteiger charge is 2.34. The van der Waals surface area contributed by atoms with Crippen LogP contribution in [-0.2, 0) is 32.6 Å². The van der Waals surface area contributed by atoms with Crippen LogP contribution in [0.5, 0.6) is 0 Å². The van der Waals surface area contributed by atoms with Crippen LogP contribution in [0.15, 0.2) is 83.8 Å². The highest BCUT2D eigenvalue weighted by molar-refractivity contribution is 7.92. The molecular formula is C31H38FN3O4S. The van der Waals surface area contributed by atoms with E-state index in [4.69, 9.17) is 0 Å². The molecule has 0 saturated heterocycles. The number of hydrogen-bond acceptors (Lipinski definition) is 4. The number of sulfonamides is 1. The second kappa shape index (κ2) is 14.1. The Bertz CT molecular complexity index is 1380. The third-order valence-electron chi connectivity index (χ3n) is 6.90. The Balaban J connectivity index is 2.08. The van der Waals surface area contributed by atoms with E-state index < -0.39 is 34.3 Å². The Labute approximate surface area is 237 Å². The largest absolute Gasteiger partial charge is 0.352 e. The summed E-state index contributed by atoms with van der Waals surface area (Å²) < 4.78 is 42.6. The Morgan fingerprint density at radius 2 is 1.50 bits per heavy atom. The van der Waals surface area contributed by atoms with Crippen LogP contribution in [0.25, 0.3) is 0 Å². The fourth-order valence-corrected chi connectivity index (χ4v) is 5.91. The smallest absolute Gasteiger partial charge is 0.264 e. The zero-order chi connectivity index (χ0) is 29.3. The van der Waals surface area contributed by atoms with Gasteiger partial charge in [-0.2, -0.15) is 0 Å². The lowest BCUT2D eigenvalue weighted by Gasteiger charge is -2.34. The molecule has 0 aliphatic carbocycles. The van der Waals surface area contributed by atoms with Crippen molar-refractivity contribution < 1.29 is 22.4 Å². The third kappa shape index (κ3) is 7.47. The van der Waals surface area contributed by atoms with E-state index in [9.17, 15) is 22.4 Å². The number of rotatable bonds is 13. The Hall–Kier alpha value is -3.72. The number of amides is 2. The minimum atomic E-state index is -4.13. The summed E-state index contributed by atoms with van der Waals surface area (Å²) in [5, 5.41) is 2.95. The zero-order valence-electron chi connectivity index (χ0n) is 23.5. The molecule has 1 N–H and O–H groups in total. The fraction of sp³-hybridized carbons (Fsp3) is 0.355. The molecule has 0 radical (unpaired) electrons. The molecule has 40 heavy (non-hydrogen) atoms. The maximum Gasteiger partial charge on any atom is 0.264 e. The highest BCUT2D eigenvalue weighted by Crippen LogP contribution is 2.28. The normalized spacial score (nSPS) is 12.8. The number of carbonyl (C=O) groups excluding carboxylic acids is 2. The van der Waals surface area contributed by atoms with Crippen molar-refractivity contribution in [3.8, 4) is 0 Å². The highest BCUT2D eigenvalue weighted by atomic mass is 32.2. The maximum absolute atomic E-state index is 14.1. The number of benzene rings is 3. The topological polar surface area (TPSA) is 86.8 Å². The standard InChI is InChI=1S/C31H38FN3O4S/c1-5-23(4)33-31(37)28(7-3)34(21-24-17-19-26(32)20-18-24)30(36)22-35(29-16-12-11-13-25(29)6-2)40(38,39)27-14-9-8-10-15-27/h8-20,23,28H,5-7,21-22H2,1-4H3,(H,33,37)/t23-,28+/m1/s1. The predicted octanol–water partition coefficient (Wildman–Crippen LogP) is 5.31. The number of nitrogens with one attached hydrogen (secondary N) is 1. The van der Waals surface area contributed by atoms with Gasteiger partial charge in [-0.15, -0.1) is 0 Å². The van der Waals surface area contributed by atoms with Gasteiger partial charge in [0.25, 0.3) is 10.0 Å². The molecule has 0 aliphatic heterocycles. The lowest BCUT2D eigenvalue weighted by molar-refractivity contribution is -0.140. The monoisotopic (exact) mass is 567 g/mol. The average molecular weight is 568 g/mol. The molecule has 0 aromatic heterocycles. The third-order valence-corrected chi connectivity index (χ3v) is 8.68. The van der Waals surface area contributed by atoms with Gasteiger partial charge in [-0.1, -0.05) is 69.3 Å². The summed E-state index contributed by atoms with van der Waals surface area (Å²) >= 11 is 0. The minimum Gasteiger partial charge on any atom is -0.352 e. The molecule has 0 spiro atoms. The lowest BCUT2D eigenvalue weighted by Crippen LogP contribution is -2.53. The summed E-state index contributed by atoms with van der Waals surface area (Å²) in [6.45, 7) is 7.05. The second-order valence-electron chi connectivity index (χ2n) is 9.70. The molecule has 7 nitrogen and oxygen atoms in total. The number of para-hydroxylation sites is 1. The molecule has 0 saturated carbocycles. The van der Waals surface area contributed by atoms with Crippen LogP contribution < -0.4 is 9.62 Å². The first-order chi connectivity index (χ1) is 19.1. The van der Waals surface area contributed by atoms with Gasteiger partial charge in [-0.25, -0.2) is 12.8 Å². The van der Waals surface area contributed by atoms with Crippen molar-refractivity contribution in [3.63, 3.8) is 0 Å². The number of carbonyl (C=O) groups is 2. The van der Waals surface area contributed by atoms with Gasteiger partial charge < -0.3 is 10.2 Å². The second-order valence-corrected chi connectivity index (χ2v) is 11.6. The molecule has 0 bridgehead atoms. The van der Waals surface area contributed by atoms with Gasteiger partial charge in [0, 0.05) is 12.6 Å². The van der Waals surface area contributed by atoms with Gasteiger partial charge >= 0.3 is 0 Å². The molecule has 2 amide bonds. The average Bonchev–Trinajstić information content (AvgIpc) is 2.96. The summed E-state index contributed by atoms with van der Waals surface area (Å²) in [7, 11) is -4.13. The van der Waals surface area contributed by atoms with E-state index in [2.05, 4.69) is 5.32 Å². The minimum absolute atomic E-state index is 0.0141. The molecule has 0 heterocycles. The quantitative estimate of drug-likeness (QED) is 0.304. The summed E-state index contributed by atoms with van der Waals surface area (Å²) in [6, 6.07) is 19.8. The van der Waals surface area contributed by atoms with E-state index in [-0.39, 0.29) is 23.4 Å². The Morgan fingerprint density at radius 3 is 2.10 bits per heavy atom. The number of halogens is 1. The number of anilines is 1. The molecule has 214 valence electrons. The zero-order valence-corrected chi connectivity index (χ0v) is 24.3. The van der Waals surface area contributed by atoms with Crippen molar-refractivity contribution >= 4 is 27.5 Å². The molecule has 3 aromatic carbocycles. The number of nitrogens with zero attached hydrogens (tertiary/aromatic N) is 2. The molecule has 0 unspecified atom stereocenters. The van der Waals surface area contributed by atoms with Crippen LogP contribution in [-0.4, -0.2) is 43.8 Å². The SMILES string of the molecule is CCc1ccccc1N(CC(=O)N(Cc1ccc(F)cc1)[C@@H](CC)C(=O)N[C@H](C)CC)S(=O)(=O)c1ccccc1. The van der Waals surface area contributed by atoms with Crippen LogP contribution >= 0.6 is 0 Å². The van der Waals surface area contributed by atoms with Crippen LogP contribution in [0.1, 0.15) is 51.7 Å². The number of aryl methyl sites for hydroxylation is 1. The Morgan fingerprint density at radius 1 is 0.875 bits per heavy atom. The van der Waals surface area contributed by atoms with Crippen molar-refractivity contribution in [2.75, 3.05) is 10.8 Å².